The number of thiophene rings is 1. The van der Waals surface area contributed by atoms with Crippen LogP contribution >= 0.6 is 34.4 Å². The lowest BCUT2D eigenvalue weighted by atomic mass is 10.3. The van der Waals surface area contributed by atoms with E-state index in [2.05, 4.69) is 27.9 Å². The molecule has 0 spiro atoms. The van der Waals surface area contributed by atoms with E-state index in [0.717, 1.165) is 27.5 Å². The minimum Gasteiger partial charge on any atom is -0.316 e. The number of para-hydroxylation sites is 1. The van der Waals surface area contributed by atoms with Crippen molar-refractivity contribution < 1.29 is 4.79 Å². The Morgan fingerprint density at radius 3 is 2.91 bits per heavy atom. The second kappa shape index (κ2) is 7.26. The number of hydrogen-bond donors (Lipinski definition) is 0. The molecular weight excluding hydrogens is 332 g/mol. The molecule has 0 aliphatic heterocycles. The van der Waals surface area contributed by atoms with Gasteiger partial charge in [0.25, 0.3) is 5.91 Å². The van der Waals surface area contributed by atoms with Crippen molar-refractivity contribution in [3.8, 4) is 0 Å². The second-order valence-corrected chi connectivity index (χ2v) is 7.79. The van der Waals surface area contributed by atoms with Gasteiger partial charge in [0.1, 0.15) is 0 Å². The fourth-order valence-electron chi connectivity index (χ4n) is 2.21. The summed E-state index contributed by atoms with van der Waals surface area (Å²) < 4.78 is 3.33. The minimum atomic E-state index is -0.0769. The summed E-state index contributed by atoms with van der Waals surface area (Å²) in [6, 6.07) is 12.2. The molecule has 0 bridgehead atoms. The van der Waals surface area contributed by atoms with Crippen LogP contribution in [0.25, 0.3) is 10.2 Å². The van der Waals surface area contributed by atoms with E-state index >= 15 is 0 Å². The Kier molecular flexibility index (Phi) is 5.12. The average molecular weight is 349 g/mol. The van der Waals surface area contributed by atoms with E-state index in [-0.39, 0.29) is 5.91 Å². The highest BCUT2D eigenvalue weighted by molar-refractivity contribution is 7.98. The summed E-state index contributed by atoms with van der Waals surface area (Å²) in [6.07, 6.45) is 2.47. The number of fused-ring (bicyclic) bond motifs is 1. The standard InChI is InChI=1S/C16H16N2OS3/c1-20-10-8-18-13-6-2-3-7-14(13)22-16(18)17-15(19)11-12-5-4-9-21-12/h2-7,9H,8,10-11H2,1H3. The van der Waals surface area contributed by atoms with Gasteiger partial charge in [0, 0.05) is 17.2 Å². The first-order valence-electron chi connectivity index (χ1n) is 6.95. The smallest absolute Gasteiger partial charge is 0.253 e. The van der Waals surface area contributed by atoms with Gasteiger partial charge >= 0.3 is 0 Å². The van der Waals surface area contributed by atoms with E-state index in [1.54, 1.807) is 34.4 Å². The number of carbonyl (C=O) groups excluding carboxylic acids is 1. The van der Waals surface area contributed by atoms with Gasteiger partial charge in [-0.15, -0.1) is 11.3 Å². The highest BCUT2D eigenvalue weighted by Gasteiger charge is 2.08. The van der Waals surface area contributed by atoms with Gasteiger partial charge < -0.3 is 4.57 Å². The number of thioether (sulfide) groups is 1. The predicted molar refractivity (Wildman–Crippen MR) is 96.8 cm³/mol. The number of carbonyl (C=O) groups is 1. The maximum absolute atomic E-state index is 12.2. The van der Waals surface area contributed by atoms with Crippen LogP contribution < -0.4 is 4.80 Å². The molecule has 0 radical (unpaired) electrons. The quantitative estimate of drug-likeness (QED) is 0.703. The molecule has 0 aliphatic carbocycles. The van der Waals surface area contributed by atoms with Gasteiger partial charge in [-0.2, -0.15) is 16.8 Å². The highest BCUT2D eigenvalue weighted by Crippen LogP contribution is 2.17. The zero-order valence-electron chi connectivity index (χ0n) is 12.2. The average Bonchev–Trinajstić information content (AvgIpc) is 3.12. The molecule has 2 heterocycles. The number of aryl methyl sites for hydroxylation is 1. The van der Waals surface area contributed by atoms with Crippen LogP contribution in [0.3, 0.4) is 0 Å². The van der Waals surface area contributed by atoms with Gasteiger partial charge in [0.05, 0.1) is 16.6 Å². The van der Waals surface area contributed by atoms with Crippen LogP contribution in [0.1, 0.15) is 4.88 Å². The molecule has 1 aromatic carbocycles. The number of hydrogen-bond acceptors (Lipinski definition) is 4. The van der Waals surface area contributed by atoms with Crippen molar-refractivity contribution in [2.75, 3.05) is 12.0 Å². The first kappa shape index (κ1) is 15.5. The molecule has 0 atom stereocenters. The Balaban J connectivity index is 1.97. The van der Waals surface area contributed by atoms with Gasteiger partial charge in [0.2, 0.25) is 0 Å². The van der Waals surface area contributed by atoms with E-state index in [4.69, 9.17) is 0 Å². The second-order valence-electron chi connectivity index (χ2n) is 4.76. The maximum Gasteiger partial charge on any atom is 0.253 e. The Morgan fingerprint density at radius 2 is 2.14 bits per heavy atom. The zero-order valence-corrected chi connectivity index (χ0v) is 14.6. The van der Waals surface area contributed by atoms with Crippen molar-refractivity contribution in [3.63, 3.8) is 0 Å². The largest absolute Gasteiger partial charge is 0.316 e. The number of benzene rings is 1. The molecule has 0 fully saturated rings. The number of rotatable bonds is 5. The third-order valence-electron chi connectivity index (χ3n) is 3.23. The molecule has 1 amide bonds. The topological polar surface area (TPSA) is 34.4 Å². The molecule has 3 rings (SSSR count). The van der Waals surface area contributed by atoms with Gasteiger partial charge in [-0.3, -0.25) is 4.79 Å². The van der Waals surface area contributed by atoms with Crippen molar-refractivity contribution in [3.05, 3.63) is 51.5 Å². The zero-order chi connectivity index (χ0) is 15.4. The van der Waals surface area contributed by atoms with Gasteiger partial charge in [-0.25, -0.2) is 0 Å². The summed E-state index contributed by atoms with van der Waals surface area (Å²) in [6.45, 7) is 0.871. The van der Waals surface area contributed by atoms with Crippen LogP contribution in [0.4, 0.5) is 0 Å². The fourth-order valence-corrected chi connectivity index (χ4v) is 4.35. The summed E-state index contributed by atoms with van der Waals surface area (Å²) in [4.78, 5) is 18.4. The molecule has 2 aromatic heterocycles. The van der Waals surface area contributed by atoms with E-state index in [1.165, 1.54) is 4.70 Å². The third kappa shape index (κ3) is 3.51. The van der Waals surface area contributed by atoms with Crippen LogP contribution in [0.5, 0.6) is 0 Å². The Bertz CT molecular complexity index is 831. The molecule has 0 unspecified atom stereocenters. The maximum atomic E-state index is 12.2. The summed E-state index contributed by atoms with van der Waals surface area (Å²) in [5.41, 5.74) is 1.16. The van der Waals surface area contributed by atoms with Gasteiger partial charge in [0.15, 0.2) is 4.80 Å². The Hall–Kier alpha value is -1.37. The normalized spacial score (nSPS) is 12.1. The van der Waals surface area contributed by atoms with E-state index < -0.39 is 0 Å². The number of thiazole rings is 1. The van der Waals surface area contributed by atoms with Crippen molar-refractivity contribution >= 4 is 50.6 Å². The molecule has 114 valence electrons. The van der Waals surface area contributed by atoms with Gasteiger partial charge in [-0.1, -0.05) is 29.5 Å². The van der Waals surface area contributed by atoms with Crippen molar-refractivity contribution in [1.29, 1.82) is 0 Å². The molecule has 6 heteroatoms. The molecule has 3 nitrogen and oxygen atoms in total. The molecular formula is C16H16N2OS3. The van der Waals surface area contributed by atoms with Crippen LogP contribution in [-0.2, 0) is 17.8 Å². The monoisotopic (exact) mass is 348 g/mol. The Labute approximate surface area is 141 Å². The first-order valence-corrected chi connectivity index (χ1v) is 10.0. The summed E-state index contributed by atoms with van der Waals surface area (Å²) in [5, 5.41) is 1.99. The van der Waals surface area contributed by atoms with Crippen molar-refractivity contribution in [1.82, 2.24) is 4.57 Å². The van der Waals surface area contributed by atoms with E-state index in [0.29, 0.717) is 6.42 Å². The molecule has 0 aliphatic rings. The molecule has 0 saturated heterocycles. The number of aromatic nitrogens is 1. The van der Waals surface area contributed by atoms with Gasteiger partial charge in [-0.05, 0) is 29.8 Å². The lowest BCUT2D eigenvalue weighted by molar-refractivity contribution is -0.117. The predicted octanol–water partition coefficient (Wildman–Crippen LogP) is 3.80. The molecule has 22 heavy (non-hydrogen) atoms. The van der Waals surface area contributed by atoms with Crippen molar-refractivity contribution in [2.45, 2.75) is 13.0 Å². The van der Waals surface area contributed by atoms with Crippen LogP contribution in [-0.4, -0.2) is 22.5 Å². The van der Waals surface area contributed by atoms with E-state index in [1.807, 2.05) is 29.6 Å². The van der Waals surface area contributed by atoms with Crippen LogP contribution in [0, 0.1) is 0 Å². The molecule has 0 N–H and O–H groups in total. The lowest BCUT2D eigenvalue weighted by Gasteiger charge is -2.03. The fraction of sp³-hybridized carbons (Fsp3) is 0.250. The number of amides is 1. The third-order valence-corrected chi connectivity index (χ3v) is 5.76. The SMILES string of the molecule is CSCCn1c(=NC(=O)Cc2cccs2)sc2ccccc21. The summed E-state index contributed by atoms with van der Waals surface area (Å²) in [5.74, 6) is 0.930. The minimum absolute atomic E-state index is 0.0769. The van der Waals surface area contributed by atoms with Crippen LogP contribution in [0.15, 0.2) is 46.8 Å². The number of nitrogens with zero attached hydrogens (tertiary/aromatic N) is 2. The molecule has 0 saturated carbocycles. The summed E-state index contributed by atoms with van der Waals surface area (Å²) in [7, 11) is 0. The lowest BCUT2D eigenvalue weighted by Crippen LogP contribution is -2.18. The molecule has 3 aromatic rings. The first-order chi connectivity index (χ1) is 10.8. The van der Waals surface area contributed by atoms with E-state index in [9.17, 15) is 4.79 Å². The van der Waals surface area contributed by atoms with Crippen LogP contribution in [0.2, 0.25) is 0 Å². The highest BCUT2D eigenvalue weighted by atomic mass is 32.2. The Morgan fingerprint density at radius 1 is 1.27 bits per heavy atom. The van der Waals surface area contributed by atoms with Crippen molar-refractivity contribution in [2.24, 2.45) is 4.99 Å². The summed E-state index contributed by atoms with van der Waals surface area (Å²) >= 11 is 4.98.